The number of methoxy groups -OCH3 is 1. The van der Waals surface area contributed by atoms with Crippen molar-refractivity contribution in [2.75, 3.05) is 13.7 Å². The summed E-state index contributed by atoms with van der Waals surface area (Å²) in [4.78, 5) is 14.3. The van der Waals surface area contributed by atoms with Crippen LogP contribution in [-0.4, -0.2) is 24.5 Å². The molecule has 0 saturated carbocycles. The number of rotatable bonds is 4. The van der Waals surface area contributed by atoms with Gasteiger partial charge in [-0.2, -0.15) is 0 Å². The zero-order valence-corrected chi connectivity index (χ0v) is 14.6. The summed E-state index contributed by atoms with van der Waals surface area (Å²) in [5.74, 6) is 2.43. The highest BCUT2D eigenvalue weighted by atomic mass is 79.9. The van der Waals surface area contributed by atoms with Gasteiger partial charge in [0.25, 0.3) is 0 Å². The fourth-order valence-electron chi connectivity index (χ4n) is 2.92. The maximum atomic E-state index is 12.3. The lowest BCUT2D eigenvalue weighted by atomic mass is 9.89. The molecule has 0 radical (unpaired) electrons. The zero-order chi connectivity index (χ0) is 15.4. The number of likely N-dealkylation sites (tertiary alicyclic amines) is 1. The number of amides is 1. The molecule has 0 N–H and O–H groups in total. The van der Waals surface area contributed by atoms with Gasteiger partial charge in [-0.25, -0.2) is 0 Å². The number of nitrogens with zero attached hydrogens (tertiary/aromatic N) is 1. The molecule has 2 rings (SSSR count). The van der Waals surface area contributed by atoms with Crippen molar-refractivity contribution >= 4 is 21.8 Å². The molecule has 1 aromatic rings. The second-order valence-electron chi connectivity index (χ2n) is 6.12. The maximum absolute atomic E-state index is 12.3. The number of hydrogen-bond donors (Lipinski definition) is 0. The van der Waals surface area contributed by atoms with E-state index in [0.29, 0.717) is 24.8 Å². The van der Waals surface area contributed by atoms with Crippen molar-refractivity contribution in [3.05, 3.63) is 28.2 Å². The van der Waals surface area contributed by atoms with E-state index in [2.05, 4.69) is 29.8 Å². The highest BCUT2D eigenvalue weighted by Gasteiger charge is 2.24. The first-order valence-electron chi connectivity index (χ1n) is 7.61. The van der Waals surface area contributed by atoms with Gasteiger partial charge in [0.05, 0.1) is 11.6 Å². The average molecular weight is 354 g/mol. The minimum Gasteiger partial charge on any atom is -0.496 e. The Morgan fingerprint density at radius 3 is 2.76 bits per heavy atom. The van der Waals surface area contributed by atoms with Crippen LogP contribution in [-0.2, 0) is 11.3 Å². The molecule has 21 heavy (non-hydrogen) atoms. The normalized spacial score (nSPS) is 19.8. The number of carbonyl (C=O) groups excluding carboxylic acids is 1. The molecule has 3 nitrogen and oxygen atoms in total. The fraction of sp³-hybridized carbons (Fsp3) is 0.588. The fourth-order valence-corrected chi connectivity index (χ4v) is 3.51. The molecular weight excluding hydrogens is 330 g/mol. The van der Waals surface area contributed by atoms with Crippen molar-refractivity contribution in [3.8, 4) is 5.75 Å². The third-order valence-corrected chi connectivity index (χ3v) is 5.00. The van der Waals surface area contributed by atoms with E-state index in [-0.39, 0.29) is 5.91 Å². The van der Waals surface area contributed by atoms with Crippen LogP contribution < -0.4 is 4.74 Å². The molecule has 116 valence electrons. The molecule has 0 spiro atoms. The largest absolute Gasteiger partial charge is 0.496 e. The van der Waals surface area contributed by atoms with Crippen LogP contribution in [0.2, 0.25) is 0 Å². The lowest BCUT2D eigenvalue weighted by molar-refractivity contribution is -0.131. The van der Waals surface area contributed by atoms with Gasteiger partial charge in [0, 0.05) is 19.5 Å². The summed E-state index contributed by atoms with van der Waals surface area (Å²) in [7, 11) is 1.66. The van der Waals surface area contributed by atoms with E-state index in [4.69, 9.17) is 4.74 Å². The molecule has 1 heterocycles. The molecule has 1 aromatic carbocycles. The van der Waals surface area contributed by atoms with Crippen molar-refractivity contribution in [1.29, 1.82) is 0 Å². The van der Waals surface area contributed by atoms with E-state index in [1.54, 1.807) is 7.11 Å². The number of halogens is 1. The van der Waals surface area contributed by atoms with Crippen molar-refractivity contribution in [2.45, 2.75) is 39.7 Å². The standard InChI is InChI=1S/C17H24BrNO2/c1-12(2)14-5-7-17(20)19(9-8-14)11-13-4-6-16(21-3)15(18)10-13/h4,6,10,12,14H,5,7-9,11H2,1-3H3. The van der Waals surface area contributed by atoms with E-state index in [1.807, 2.05) is 23.1 Å². The van der Waals surface area contributed by atoms with E-state index < -0.39 is 0 Å². The number of carbonyl (C=O) groups is 1. The monoisotopic (exact) mass is 353 g/mol. The Morgan fingerprint density at radius 2 is 2.14 bits per heavy atom. The summed E-state index contributed by atoms with van der Waals surface area (Å²) >= 11 is 3.50. The average Bonchev–Trinajstić information content (AvgIpc) is 2.62. The summed E-state index contributed by atoms with van der Waals surface area (Å²) in [6.45, 7) is 6.06. The van der Waals surface area contributed by atoms with Crippen LogP contribution in [0.3, 0.4) is 0 Å². The van der Waals surface area contributed by atoms with Gasteiger partial charge >= 0.3 is 0 Å². The Morgan fingerprint density at radius 1 is 1.38 bits per heavy atom. The highest BCUT2D eigenvalue weighted by molar-refractivity contribution is 9.10. The Labute approximate surface area is 135 Å². The zero-order valence-electron chi connectivity index (χ0n) is 13.1. The SMILES string of the molecule is COc1ccc(CN2CCC(C(C)C)CCC2=O)cc1Br. The highest BCUT2D eigenvalue weighted by Crippen LogP contribution is 2.28. The van der Waals surface area contributed by atoms with E-state index in [1.165, 1.54) is 0 Å². The topological polar surface area (TPSA) is 29.5 Å². The van der Waals surface area contributed by atoms with E-state index >= 15 is 0 Å². The van der Waals surface area contributed by atoms with Crippen molar-refractivity contribution in [3.63, 3.8) is 0 Å². The molecule has 0 aliphatic carbocycles. The van der Waals surface area contributed by atoms with E-state index in [9.17, 15) is 4.79 Å². The van der Waals surface area contributed by atoms with Gasteiger partial charge in [0.1, 0.15) is 5.75 Å². The predicted octanol–water partition coefficient (Wildman–Crippen LogP) is 4.24. The predicted molar refractivity (Wildman–Crippen MR) is 88.3 cm³/mol. The van der Waals surface area contributed by atoms with Crippen LogP contribution in [0, 0.1) is 11.8 Å². The van der Waals surface area contributed by atoms with Crippen LogP contribution >= 0.6 is 15.9 Å². The lowest BCUT2D eigenvalue weighted by Crippen LogP contribution is -2.29. The molecule has 1 fully saturated rings. The Kier molecular flexibility index (Phi) is 5.68. The van der Waals surface area contributed by atoms with E-state index in [0.717, 1.165) is 35.2 Å². The molecule has 4 heteroatoms. The quantitative estimate of drug-likeness (QED) is 0.809. The van der Waals surface area contributed by atoms with Gasteiger partial charge in [0.15, 0.2) is 0 Å². The maximum Gasteiger partial charge on any atom is 0.222 e. The minimum atomic E-state index is 0.282. The summed E-state index contributed by atoms with van der Waals surface area (Å²) in [5, 5.41) is 0. The molecule has 0 bridgehead atoms. The molecule has 1 amide bonds. The summed E-state index contributed by atoms with van der Waals surface area (Å²) < 4.78 is 6.18. The first kappa shape index (κ1) is 16.3. The van der Waals surface area contributed by atoms with Crippen molar-refractivity contribution in [2.24, 2.45) is 11.8 Å². The Hall–Kier alpha value is -1.03. The second kappa shape index (κ2) is 7.30. The van der Waals surface area contributed by atoms with Crippen LogP contribution in [0.4, 0.5) is 0 Å². The summed E-state index contributed by atoms with van der Waals surface area (Å²) in [6, 6.07) is 6.01. The number of ether oxygens (including phenoxy) is 1. The number of hydrogen-bond acceptors (Lipinski definition) is 2. The third kappa shape index (κ3) is 4.22. The van der Waals surface area contributed by atoms with Crippen molar-refractivity contribution < 1.29 is 9.53 Å². The molecule has 1 aliphatic heterocycles. The van der Waals surface area contributed by atoms with Gasteiger partial charge in [-0.3, -0.25) is 4.79 Å². The summed E-state index contributed by atoms with van der Waals surface area (Å²) in [5.41, 5.74) is 1.14. The smallest absolute Gasteiger partial charge is 0.222 e. The van der Waals surface area contributed by atoms with Crippen LogP contribution in [0.5, 0.6) is 5.75 Å². The van der Waals surface area contributed by atoms with Crippen molar-refractivity contribution in [1.82, 2.24) is 4.90 Å². The molecule has 1 saturated heterocycles. The number of benzene rings is 1. The van der Waals surface area contributed by atoms with Gasteiger partial charge in [0.2, 0.25) is 5.91 Å². The van der Waals surface area contributed by atoms with Crippen LogP contribution in [0.1, 0.15) is 38.7 Å². The summed E-state index contributed by atoms with van der Waals surface area (Å²) in [6.07, 6.45) is 2.82. The molecule has 1 unspecified atom stereocenters. The molecule has 0 aromatic heterocycles. The first-order chi connectivity index (χ1) is 10.0. The third-order valence-electron chi connectivity index (χ3n) is 4.38. The second-order valence-corrected chi connectivity index (χ2v) is 6.97. The first-order valence-corrected chi connectivity index (χ1v) is 8.40. The Balaban J connectivity index is 2.04. The lowest BCUT2D eigenvalue weighted by Gasteiger charge is -2.22. The van der Waals surface area contributed by atoms with Crippen LogP contribution in [0.25, 0.3) is 0 Å². The molecule has 1 aliphatic rings. The Bertz CT molecular complexity index is 502. The van der Waals surface area contributed by atoms with Crippen LogP contribution in [0.15, 0.2) is 22.7 Å². The van der Waals surface area contributed by atoms with Gasteiger partial charge in [-0.05, 0) is 58.3 Å². The van der Waals surface area contributed by atoms with Gasteiger partial charge in [-0.15, -0.1) is 0 Å². The molecule has 1 atom stereocenters. The van der Waals surface area contributed by atoms with Gasteiger partial charge in [-0.1, -0.05) is 19.9 Å². The molecular formula is C17H24BrNO2. The van der Waals surface area contributed by atoms with Gasteiger partial charge < -0.3 is 9.64 Å². The minimum absolute atomic E-state index is 0.282.